The zero-order chi connectivity index (χ0) is 71.7. The van der Waals surface area contributed by atoms with Crippen LogP contribution in [0.4, 0.5) is 0 Å². The SMILES string of the molecule is CC(C)CCCCCCCCCCCCCCCCCCCCC(=O)O[C@H](COC(=O)CCCCCCCCC(C)C)COP(=O)(O)OCC(O)COP(=O)(O)OC[C@@H](COC(=O)CCCCCCCCCCCC(C)C)OC(=O)CCCCCCCCCCCCCCC(C)C. The molecular weight excluding hydrogens is 1270 g/mol. The summed E-state index contributed by atoms with van der Waals surface area (Å²) in [6.45, 7) is 14.2. The lowest BCUT2D eigenvalue weighted by molar-refractivity contribution is -0.161. The van der Waals surface area contributed by atoms with Crippen molar-refractivity contribution in [2.45, 2.75) is 414 Å². The molecule has 0 aromatic rings. The van der Waals surface area contributed by atoms with Crippen LogP contribution in [0.2, 0.25) is 0 Å². The fraction of sp³-hybridized carbons (Fsp3) is 0.949. The van der Waals surface area contributed by atoms with E-state index in [1.165, 1.54) is 193 Å². The molecule has 0 radical (unpaired) electrons. The summed E-state index contributed by atoms with van der Waals surface area (Å²) in [5, 5.41) is 10.6. The standard InChI is InChI=1S/C78H152O17P2/c1-68(2)54-46-38-30-24-19-15-13-11-9-10-12-14-16-21-27-34-44-52-60-78(83)95-74(65-89-76(81)59-51-43-37-36-41-49-57-71(7)8)67-93-97(86,87)91-63-72(79)62-90-96(84,85)92-66-73(64-88-75(80)58-50-42-33-29-23-26-32-40-48-56-70(5)6)94-77(82)61-53-45-35-28-22-18-17-20-25-31-39-47-55-69(3)4/h68-74,79H,9-67H2,1-8H3,(H,84,85)(H,86,87)/t72?,73-,74-/m1/s1. The summed E-state index contributed by atoms with van der Waals surface area (Å²) in [7, 11) is -9.91. The van der Waals surface area contributed by atoms with Crippen LogP contribution in [0.15, 0.2) is 0 Å². The predicted octanol–water partition coefficient (Wildman–Crippen LogP) is 22.8. The second-order valence-electron chi connectivity index (χ2n) is 30.0. The van der Waals surface area contributed by atoms with E-state index in [1.54, 1.807) is 0 Å². The second-order valence-corrected chi connectivity index (χ2v) is 32.9. The van der Waals surface area contributed by atoms with Gasteiger partial charge < -0.3 is 33.8 Å². The molecule has 19 heteroatoms. The van der Waals surface area contributed by atoms with E-state index >= 15 is 0 Å². The molecule has 97 heavy (non-hydrogen) atoms. The third kappa shape index (κ3) is 72.2. The van der Waals surface area contributed by atoms with Crippen LogP contribution in [-0.2, 0) is 65.4 Å². The summed E-state index contributed by atoms with van der Waals surface area (Å²) in [5.41, 5.74) is 0. The molecule has 0 aliphatic heterocycles. The first-order valence-electron chi connectivity index (χ1n) is 40.2. The molecule has 0 saturated heterocycles. The highest BCUT2D eigenvalue weighted by Gasteiger charge is 2.30. The Bertz CT molecular complexity index is 1900. The molecule has 17 nitrogen and oxygen atoms in total. The molecule has 0 spiro atoms. The van der Waals surface area contributed by atoms with Crippen LogP contribution >= 0.6 is 15.6 Å². The highest BCUT2D eigenvalue weighted by atomic mass is 31.2. The van der Waals surface area contributed by atoms with Crippen molar-refractivity contribution in [2.24, 2.45) is 23.7 Å². The van der Waals surface area contributed by atoms with Gasteiger partial charge in [0.05, 0.1) is 26.4 Å². The van der Waals surface area contributed by atoms with Gasteiger partial charge in [-0.1, -0.05) is 344 Å². The Morgan fingerprint density at radius 2 is 0.433 bits per heavy atom. The zero-order valence-corrected chi connectivity index (χ0v) is 65.5. The third-order valence-corrected chi connectivity index (χ3v) is 20.0. The lowest BCUT2D eigenvalue weighted by atomic mass is 10.0. The number of phosphoric acid groups is 2. The molecule has 0 aromatic heterocycles. The quantitative estimate of drug-likeness (QED) is 0.0222. The number of esters is 4. The zero-order valence-electron chi connectivity index (χ0n) is 63.7. The minimum Gasteiger partial charge on any atom is -0.462 e. The van der Waals surface area contributed by atoms with Gasteiger partial charge in [-0.25, -0.2) is 9.13 Å². The molecule has 0 heterocycles. The van der Waals surface area contributed by atoms with E-state index in [1.807, 2.05) is 0 Å². The van der Waals surface area contributed by atoms with Crippen molar-refractivity contribution < 1.29 is 80.2 Å². The first kappa shape index (κ1) is 95.1. The van der Waals surface area contributed by atoms with E-state index in [0.29, 0.717) is 31.6 Å². The van der Waals surface area contributed by atoms with Crippen LogP contribution in [0.3, 0.4) is 0 Å². The van der Waals surface area contributed by atoms with Gasteiger partial charge in [0.25, 0.3) is 0 Å². The number of aliphatic hydroxyl groups is 1. The molecule has 0 bridgehead atoms. The van der Waals surface area contributed by atoms with Gasteiger partial charge in [-0.3, -0.25) is 37.3 Å². The molecule has 576 valence electrons. The summed E-state index contributed by atoms with van der Waals surface area (Å²) in [6, 6.07) is 0. The fourth-order valence-corrected chi connectivity index (χ4v) is 13.5. The highest BCUT2D eigenvalue weighted by molar-refractivity contribution is 7.47. The van der Waals surface area contributed by atoms with Gasteiger partial charge >= 0.3 is 39.5 Å². The molecule has 3 unspecified atom stereocenters. The van der Waals surface area contributed by atoms with Crippen molar-refractivity contribution >= 4 is 39.5 Å². The van der Waals surface area contributed by atoms with E-state index in [4.69, 9.17) is 37.0 Å². The Labute approximate surface area is 594 Å². The number of ether oxygens (including phenoxy) is 4. The van der Waals surface area contributed by atoms with E-state index in [0.717, 1.165) is 114 Å². The van der Waals surface area contributed by atoms with Crippen molar-refractivity contribution in [3.63, 3.8) is 0 Å². The number of phosphoric ester groups is 2. The normalized spacial score (nSPS) is 14.1. The van der Waals surface area contributed by atoms with Crippen molar-refractivity contribution in [2.75, 3.05) is 39.6 Å². The average molecular weight is 1420 g/mol. The summed E-state index contributed by atoms with van der Waals surface area (Å²) >= 11 is 0. The first-order chi connectivity index (χ1) is 46.6. The van der Waals surface area contributed by atoms with E-state index in [9.17, 15) is 43.2 Å². The summed E-state index contributed by atoms with van der Waals surface area (Å²) in [4.78, 5) is 72.8. The maximum absolute atomic E-state index is 13.1. The van der Waals surface area contributed by atoms with Gasteiger partial charge in [-0.2, -0.15) is 0 Å². The largest absolute Gasteiger partial charge is 0.472 e. The Morgan fingerprint density at radius 3 is 0.639 bits per heavy atom. The van der Waals surface area contributed by atoms with Gasteiger partial charge in [0, 0.05) is 25.7 Å². The lowest BCUT2D eigenvalue weighted by Gasteiger charge is -2.21. The van der Waals surface area contributed by atoms with Crippen LogP contribution in [0, 0.1) is 23.7 Å². The van der Waals surface area contributed by atoms with E-state index < -0.39 is 97.5 Å². The maximum Gasteiger partial charge on any atom is 0.472 e. The van der Waals surface area contributed by atoms with E-state index in [-0.39, 0.29) is 25.7 Å². The Morgan fingerprint density at radius 1 is 0.258 bits per heavy atom. The highest BCUT2D eigenvalue weighted by Crippen LogP contribution is 2.45. The number of carbonyl (C=O) groups is 4. The van der Waals surface area contributed by atoms with Crippen molar-refractivity contribution in [3.8, 4) is 0 Å². The van der Waals surface area contributed by atoms with Crippen LogP contribution in [0.1, 0.15) is 396 Å². The summed E-state index contributed by atoms with van der Waals surface area (Å²) in [5.74, 6) is 0.899. The number of aliphatic hydroxyl groups excluding tert-OH is 1. The van der Waals surface area contributed by atoms with Crippen LogP contribution in [-0.4, -0.2) is 96.7 Å². The Balaban J connectivity index is 5.18. The van der Waals surface area contributed by atoms with Crippen molar-refractivity contribution in [3.05, 3.63) is 0 Å². The second kappa shape index (κ2) is 67.2. The van der Waals surface area contributed by atoms with Gasteiger partial charge in [0.1, 0.15) is 19.3 Å². The van der Waals surface area contributed by atoms with Gasteiger partial charge in [0.15, 0.2) is 12.2 Å². The lowest BCUT2D eigenvalue weighted by Crippen LogP contribution is -2.30. The van der Waals surface area contributed by atoms with Gasteiger partial charge in [-0.05, 0) is 49.4 Å². The Kier molecular flexibility index (Phi) is 65.9. The maximum atomic E-state index is 13.1. The molecule has 0 aromatic carbocycles. The molecule has 0 amide bonds. The first-order valence-corrected chi connectivity index (χ1v) is 43.2. The van der Waals surface area contributed by atoms with Crippen molar-refractivity contribution in [1.29, 1.82) is 0 Å². The minimum atomic E-state index is -4.96. The topological polar surface area (TPSA) is 237 Å². The van der Waals surface area contributed by atoms with Crippen molar-refractivity contribution in [1.82, 2.24) is 0 Å². The molecule has 0 saturated carbocycles. The predicted molar refractivity (Wildman–Crippen MR) is 395 cm³/mol. The number of hydrogen-bond acceptors (Lipinski definition) is 15. The van der Waals surface area contributed by atoms with Crippen LogP contribution in [0.5, 0.6) is 0 Å². The molecule has 0 fully saturated rings. The van der Waals surface area contributed by atoms with Crippen LogP contribution < -0.4 is 0 Å². The molecule has 0 aliphatic rings. The molecular formula is C78H152O17P2. The average Bonchev–Trinajstić information content (AvgIpc) is 1.12. The Hall–Kier alpha value is -1.94. The number of carbonyl (C=O) groups excluding carboxylic acids is 4. The molecule has 5 atom stereocenters. The fourth-order valence-electron chi connectivity index (χ4n) is 11.9. The summed E-state index contributed by atoms with van der Waals surface area (Å²) < 4.78 is 68.5. The smallest absolute Gasteiger partial charge is 0.462 e. The molecule has 0 rings (SSSR count). The number of hydrogen-bond donors (Lipinski definition) is 3. The summed E-state index contributed by atoms with van der Waals surface area (Å²) in [6.07, 6.45) is 53.0. The molecule has 0 aliphatic carbocycles. The van der Waals surface area contributed by atoms with Gasteiger partial charge in [-0.15, -0.1) is 0 Å². The number of unbranched alkanes of at least 4 members (excludes halogenated alkanes) is 41. The van der Waals surface area contributed by atoms with Gasteiger partial charge in [0.2, 0.25) is 0 Å². The monoisotopic (exact) mass is 1420 g/mol. The number of rotatable bonds is 75. The van der Waals surface area contributed by atoms with Crippen LogP contribution in [0.25, 0.3) is 0 Å². The third-order valence-electron chi connectivity index (χ3n) is 18.1. The minimum absolute atomic E-state index is 0.106. The molecule has 3 N–H and O–H groups in total. The van der Waals surface area contributed by atoms with E-state index in [2.05, 4.69) is 55.4 Å².